The minimum atomic E-state index is -0.735. The van der Waals surface area contributed by atoms with Crippen LogP contribution in [0.15, 0.2) is 42.7 Å². The zero-order valence-electron chi connectivity index (χ0n) is 13.6. The summed E-state index contributed by atoms with van der Waals surface area (Å²) in [5.41, 5.74) is 1.55. The predicted octanol–water partition coefficient (Wildman–Crippen LogP) is 3.03. The molecule has 1 amide bonds. The number of nitrogens with zero attached hydrogens (tertiary/aromatic N) is 2. The van der Waals surface area contributed by atoms with Crippen molar-refractivity contribution in [3.05, 3.63) is 48.3 Å². The van der Waals surface area contributed by atoms with Crippen molar-refractivity contribution in [2.24, 2.45) is 0 Å². The molecule has 0 aliphatic rings. The molecule has 0 radical (unpaired) electrons. The topological polar surface area (TPSA) is 84.2 Å². The van der Waals surface area contributed by atoms with Crippen molar-refractivity contribution < 1.29 is 14.7 Å². The van der Waals surface area contributed by atoms with Gasteiger partial charge in [0.25, 0.3) is 5.91 Å². The number of unbranched alkanes of at least 4 members (excludes halogenated alkanes) is 4. The Labute approximate surface area is 141 Å². The van der Waals surface area contributed by atoms with Gasteiger partial charge in [0.15, 0.2) is 0 Å². The number of hydrogen-bond acceptors (Lipinski definition) is 3. The van der Waals surface area contributed by atoms with E-state index in [0.29, 0.717) is 12.1 Å². The van der Waals surface area contributed by atoms with Gasteiger partial charge in [-0.3, -0.25) is 9.59 Å². The molecule has 0 aliphatic heterocycles. The Bertz CT molecular complexity index is 636. The standard InChI is InChI=1S/C18H23N3O3/c22-17(23)7-4-2-1-3-5-12-19-18(24)15-8-10-16(11-9-15)21-14-6-13-20-21/h6,8-11,13-14H,1-5,7,12H2,(H,19,24)(H,22,23). The molecule has 1 aromatic heterocycles. The first kappa shape index (κ1) is 17.7. The molecule has 0 saturated carbocycles. The maximum absolute atomic E-state index is 12.1. The van der Waals surface area contributed by atoms with Crippen LogP contribution in [-0.4, -0.2) is 33.3 Å². The van der Waals surface area contributed by atoms with Crippen molar-refractivity contribution in [2.45, 2.75) is 38.5 Å². The van der Waals surface area contributed by atoms with Gasteiger partial charge < -0.3 is 10.4 Å². The number of hydrogen-bond donors (Lipinski definition) is 2. The molecule has 0 aliphatic carbocycles. The second-order valence-electron chi connectivity index (χ2n) is 5.66. The Balaban J connectivity index is 1.63. The fourth-order valence-electron chi connectivity index (χ4n) is 2.42. The summed E-state index contributed by atoms with van der Waals surface area (Å²) in [6, 6.07) is 9.16. The molecule has 2 N–H and O–H groups in total. The number of carbonyl (C=O) groups excluding carboxylic acids is 1. The molecule has 128 valence electrons. The van der Waals surface area contributed by atoms with Crippen molar-refractivity contribution in [2.75, 3.05) is 6.54 Å². The summed E-state index contributed by atoms with van der Waals surface area (Å²) in [7, 11) is 0. The van der Waals surface area contributed by atoms with E-state index in [4.69, 9.17) is 5.11 Å². The van der Waals surface area contributed by atoms with Crippen molar-refractivity contribution in [1.82, 2.24) is 15.1 Å². The quantitative estimate of drug-likeness (QED) is 0.656. The number of rotatable bonds is 10. The summed E-state index contributed by atoms with van der Waals surface area (Å²) in [6.45, 7) is 0.638. The van der Waals surface area contributed by atoms with Crippen LogP contribution in [0.4, 0.5) is 0 Å². The lowest BCUT2D eigenvalue weighted by Crippen LogP contribution is -2.24. The number of carboxylic acid groups (broad SMARTS) is 1. The van der Waals surface area contributed by atoms with E-state index >= 15 is 0 Å². The van der Waals surface area contributed by atoms with Crippen LogP contribution in [-0.2, 0) is 4.79 Å². The fraction of sp³-hybridized carbons (Fsp3) is 0.389. The molecule has 1 heterocycles. The highest BCUT2D eigenvalue weighted by Crippen LogP contribution is 2.09. The second kappa shape index (κ2) is 9.50. The van der Waals surface area contributed by atoms with Crippen molar-refractivity contribution >= 4 is 11.9 Å². The van der Waals surface area contributed by atoms with Gasteiger partial charge in [0, 0.05) is 30.9 Å². The first-order valence-electron chi connectivity index (χ1n) is 8.27. The van der Waals surface area contributed by atoms with Crippen molar-refractivity contribution in [3.8, 4) is 5.69 Å². The number of nitrogens with one attached hydrogen (secondary N) is 1. The number of carboxylic acids is 1. The molecule has 24 heavy (non-hydrogen) atoms. The molecule has 0 fully saturated rings. The zero-order valence-corrected chi connectivity index (χ0v) is 13.6. The molecule has 0 atom stereocenters. The molecule has 6 heteroatoms. The van der Waals surface area contributed by atoms with Gasteiger partial charge in [-0.05, 0) is 43.2 Å². The van der Waals surface area contributed by atoms with Gasteiger partial charge in [0.2, 0.25) is 0 Å². The molecule has 0 bridgehead atoms. The van der Waals surface area contributed by atoms with Gasteiger partial charge in [-0.25, -0.2) is 4.68 Å². The second-order valence-corrected chi connectivity index (χ2v) is 5.66. The van der Waals surface area contributed by atoms with E-state index in [1.807, 2.05) is 24.4 Å². The maximum Gasteiger partial charge on any atom is 0.303 e. The van der Waals surface area contributed by atoms with E-state index in [1.54, 1.807) is 23.0 Å². The van der Waals surface area contributed by atoms with Gasteiger partial charge in [-0.2, -0.15) is 5.10 Å². The Hall–Kier alpha value is -2.63. The van der Waals surface area contributed by atoms with E-state index in [9.17, 15) is 9.59 Å². The van der Waals surface area contributed by atoms with E-state index in [2.05, 4.69) is 10.4 Å². The molecule has 6 nitrogen and oxygen atoms in total. The molecule has 2 rings (SSSR count). The van der Waals surface area contributed by atoms with Gasteiger partial charge in [-0.1, -0.05) is 19.3 Å². The molecular formula is C18H23N3O3. The number of carbonyl (C=O) groups is 2. The largest absolute Gasteiger partial charge is 0.481 e. The fourth-order valence-corrected chi connectivity index (χ4v) is 2.42. The van der Waals surface area contributed by atoms with Crippen LogP contribution in [0.5, 0.6) is 0 Å². The summed E-state index contributed by atoms with van der Waals surface area (Å²) < 4.78 is 1.74. The number of aromatic nitrogens is 2. The summed E-state index contributed by atoms with van der Waals surface area (Å²) in [5, 5.41) is 15.6. The Morgan fingerprint density at radius 2 is 1.75 bits per heavy atom. The number of amides is 1. The summed E-state index contributed by atoms with van der Waals surface area (Å²) in [5.74, 6) is -0.811. The number of benzene rings is 1. The van der Waals surface area contributed by atoms with Crippen LogP contribution in [0, 0.1) is 0 Å². The van der Waals surface area contributed by atoms with Gasteiger partial charge in [-0.15, -0.1) is 0 Å². The highest BCUT2D eigenvalue weighted by atomic mass is 16.4. The normalized spacial score (nSPS) is 10.5. The van der Waals surface area contributed by atoms with Gasteiger partial charge >= 0.3 is 5.97 Å². The molecule has 0 unspecified atom stereocenters. The lowest BCUT2D eigenvalue weighted by Gasteiger charge is -2.06. The molecule has 1 aromatic carbocycles. The first-order chi connectivity index (χ1) is 11.7. The van der Waals surface area contributed by atoms with E-state index < -0.39 is 5.97 Å². The van der Waals surface area contributed by atoms with E-state index in [1.165, 1.54) is 0 Å². The Kier molecular flexibility index (Phi) is 7.01. The van der Waals surface area contributed by atoms with Crippen LogP contribution < -0.4 is 5.32 Å². The van der Waals surface area contributed by atoms with Crippen LogP contribution in [0.2, 0.25) is 0 Å². The lowest BCUT2D eigenvalue weighted by atomic mass is 10.1. The molecular weight excluding hydrogens is 306 g/mol. The third-order valence-electron chi connectivity index (χ3n) is 3.75. The highest BCUT2D eigenvalue weighted by Gasteiger charge is 2.05. The lowest BCUT2D eigenvalue weighted by molar-refractivity contribution is -0.137. The third-order valence-corrected chi connectivity index (χ3v) is 3.75. The smallest absolute Gasteiger partial charge is 0.303 e. The van der Waals surface area contributed by atoms with Crippen molar-refractivity contribution in [3.63, 3.8) is 0 Å². The monoisotopic (exact) mass is 329 g/mol. The molecule has 2 aromatic rings. The minimum absolute atomic E-state index is 0.0760. The maximum atomic E-state index is 12.1. The van der Waals surface area contributed by atoms with Crippen LogP contribution >= 0.6 is 0 Å². The molecule has 0 spiro atoms. The zero-order chi connectivity index (χ0) is 17.2. The van der Waals surface area contributed by atoms with Crippen LogP contribution in [0.3, 0.4) is 0 Å². The average Bonchev–Trinajstić information content (AvgIpc) is 3.11. The minimum Gasteiger partial charge on any atom is -0.481 e. The van der Waals surface area contributed by atoms with E-state index in [0.717, 1.165) is 37.8 Å². The number of aliphatic carboxylic acids is 1. The van der Waals surface area contributed by atoms with E-state index in [-0.39, 0.29) is 12.3 Å². The highest BCUT2D eigenvalue weighted by molar-refractivity contribution is 5.94. The van der Waals surface area contributed by atoms with Gasteiger partial charge in [0.1, 0.15) is 0 Å². The first-order valence-corrected chi connectivity index (χ1v) is 8.27. The third kappa shape index (κ3) is 5.87. The Morgan fingerprint density at radius 1 is 1.04 bits per heavy atom. The molecule has 0 saturated heterocycles. The summed E-state index contributed by atoms with van der Waals surface area (Å²) >= 11 is 0. The summed E-state index contributed by atoms with van der Waals surface area (Å²) in [6.07, 6.45) is 8.36. The Morgan fingerprint density at radius 3 is 2.42 bits per heavy atom. The van der Waals surface area contributed by atoms with Crippen molar-refractivity contribution in [1.29, 1.82) is 0 Å². The van der Waals surface area contributed by atoms with Crippen LogP contribution in [0.25, 0.3) is 5.69 Å². The average molecular weight is 329 g/mol. The van der Waals surface area contributed by atoms with Gasteiger partial charge in [0.05, 0.1) is 5.69 Å². The SMILES string of the molecule is O=C(O)CCCCCCCNC(=O)c1ccc(-n2cccn2)cc1. The summed E-state index contributed by atoms with van der Waals surface area (Å²) in [4.78, 5) is 22.4. The van der Waals surface area contributed by atoms with Crippen LogP contribution in [0.1, 0.15) is 48.9 Å². The predicted molar refractivity (Wildman–Crippen MR) is 91.2 cm³/mol.